The third kappa shape index (κ3) is 2.89. The first-order chi connectivity index (χ1) is 7.10. The average Bonchev–Trinajstić information content (AvgIpc) is 2.26. The molecule has 1 aromatic rings. The molecule has 0 aliphatic carbocycles. The van der Waals surface area contributed by atoms with Gasteiger partial charge in [0, 0.05) is 15.1 Å². The summed E-state index contributed by atoms with van der Waals surface area (Å²) in [6.45, 7) is 1.85. The number of methoxy groups -OCH3 is 1. The van der Waals surface area contributed by atoms with Gasteiger partial charge in [0.2, 0.25) is 0 Å². The Kier molecular flexibility index (Phi) is 4.47. The fourth-order valence-corrected chi connectivity index (χ4v) is 2.57. The number of hydrogen-bond acceptors (Lipinski definition) is 3. The quantitative estimate of drug-likeness (QED) is 0.803. The van der Waals surface area contributed by atoms with Gasteiger partial charge in [-0.3, -0.25) is 4.21 Å². The van der Waals surface area contributed by atoms with Crippen molar-refractivity contribution < 1.29 is 13.7 Å². The molecule has 5 heteroatoms. The van der Waals surface area contributed by atoms with E-state index in [-0.39, 0.29) is 0 Å². The monoisotopic (exact) mass is 290 g/mol. The minimum atomic E-state index is -1.01. The summed E-state index contributed by atoms with van der Waals surface area (Å²) in [7, 11) is 0.320. The summed E-state index contributed by atoms with van der Waals surface area (Å²) in [6.07, 6.45) is 0. The van der Waals surface area contributed by atoms with Crippen LogP contribution in [0.25, 0.3) is 0 Å². The Hall–Kier alpha value is -0.680. The van der Waals surface area contributed by atoms with Gasteiger partial charge >= 0.3 is 5.97 Å². The second kappa shape index (κ2) is 5.42. The van der Waals surface area contributed by atoms with E-state index in [2.05, 4.69) is 20.7 Å². The zero-order valence-corrected chi connectivity index (χ0v) is 10.9. The normalized spacial score (nSPS) is 12.2. The van der Waals surface area contributed by atoms with Gasteiger partial charge in [-0.25, -0.2) is 4.79 Å². The largest absolute Gasteiger partial charge is 0.465 e. The van der Waals surface area contributed by atoms with E-state index in [0.29, 0.717) is 20.7 Å². The van der Waals surface area contributed by atoms with Gasteiger partial charge in [0.05, 0.1) is 23.5 Å². The molecule has 0 amide bonds. The number of carbonyl (C=O) groups is 1. The maximum absolute atomic E-state index is 11.5. The topological polar surface area (TPSA) is 43.4 Å². The first-order valence-electron chi connectivity index (χ1n) is 4.36. The van der Waals surface area contributed by atoms with Gasteiger partial charge in [0.15, 0.2) is 0 Å². The fourth-order valence-electron chi connectivity index (χ4n) is 1.08. The Labute approximate surface area is 99.4 Å². The molecule has 1 atom stereocenters. The maximum atomic E-state index is 11.5. The van der Waals surface area contributed by atoms with Crippen molar-refractivity contribution in [2.75, 3.05) is 12.9 Å². The molecular formula is C10H11BrO3S. The number of esters is 1. The Bertz CT molecular complexity index is 404. The van der Waals surface area contributed by atoms with Crippen LogP contribution in [0.4, 0.5) is 0 Å². The summed E-state index contributed by atoms with van der Waals surface area (Å²) in [5, 5.41) is 0. The van der Waals surface area contributed by atoms with Crippen LogP contribution >= 0.6 is 15.9 Å². The van der Waals surface area contributed by atoms with Gasteiger partial charge in [-0.05, 0) is 34.1 Å². The molecule has 1 rings (SSSR count). The van der Waals surface area contributed by atoms with Crippen molar-refractivity contribution >= 4 is 32.7 Å². The first kappa shape index (κ1) is 12.4. The molecule has 0 bridgehead atoms. The molecule has 0 aromatic heterocycles. The van der Waals surface area contributed by atoms with Crippen molar-refractivity contribution in [1.82, 2.24) is 0 Å². The molecule has 0 saturated heterocycles. The molecule has 0 aliphatic rings. The predicted octanol–water partition coefficient (Wildman–Crippen LogP) is 2.36. The van der Waals surface area contributed by atoms with Crippen LogP contribution in [0.5, 0.6) is 0 Å². The Morgan fingerprint density at radius 3 is 2.67 bits per heavy atom. The zero-order valence-electron chi connectivity index (χ0n) is 8.45. The van der Waals surface area contributed by atoms with E-state index < -0.39 is 16.8 Å². The third-order valence-electron chi connectivity index (χ3n) is 1.87. The number of rotatable bonds is 3. The molecular weight excluding hydrogens is 280 g/mol. The predicted molar refractivity (Wildman–Crippen MR) is 62.4 cm³/mol. The highest BCUT2D eigenvalue weighted by Gasteiger charge is 2.11. The van der Waals surface area contributed by atoms with Crippen LogP contribution in [0.1, 0.15) is 17.3 Å². The third-order valence-corrected chi connectivity index (χ3v) is 3.83. The average molecular weight is 291 g/mol. The SMILES string of the molecule is CCS(=O)c1ccc(C(=O)OC)c(Br)c1. The van der Waals surface area contributed by atoms with Gasteiger partial charge in [0.25, 0.3) is 0 Å². The highest BCUT2D eigenvalue weighted by molar-refractivity contribution is 9.10. The minimum absolute atomic E-state index is 0.407. The highest BCUT2D eigenvalue weighted by Crippen LogP contribution is 2.21. The van der Waals surface area contributed by atoms with E-state index in [1.54, 1.807) is 18.2 Å². The molecule has 0 aliphatic heterocycles. The van der Waals surface area contributed by atoms with Crippen LogP contribution in [-0.4, -0.2) is 23.0 Å². The number of hydrogen-bond donors (Lipinski definition) is 0. The number of halogens is 1. The summed E-state index contributed by atoms with van der Waals surface area (Å²) < 4.78 is 16.7. The first-order valence-corrected chi connectivity index (χ1v) is 6.47. The smallest absolute Gasteiger partial charge is 0.339 e. The second-order valence-corrected chi connectivity index (χ2v) is 5.36. The highest BCUT2D eigenvalue weighted by atomic mass is 79.9. The van der Waals surface area contributed by atoms with Crippen molar-refractivity contribution in [3.05, 3.63) is 28.2 Å². The Balaban J connectivity index is 3.08. The summed E-state index contributed by atoms with van der Waals surface area (Å²) in [6, 6.07) is 4.97. The number of carbonyl (C=O) groups excluding carboxylic acids is 1. The van der Waals surface area contributed by atoms with Crippen molar-refractivity contribution in [3.63, 3.8) is 0 Å². The molecule has 0 heterocycles. The molecule has 0 spiro atoms. The Morgan fingerprint density at radius 1 is 1.53 bits per heavy atom. The van der Waals surface area contributed by atoms with E-state index in [1.807, 2.05) is 6.92 Å². The summed E-state index contributed by atoms with van der Waals surface area (Å²) >= 11 is 3.25. The lowest BCUT2D eigenvalue weighted by atomic mass is 10.2. The molecule has 0 fully saturated rings. The van der Waals surface area contributed by atoms with E-state index in [1.165, 1.54) is 7.11 Å². The lowest BCUT2D eigenvalue weighted by Gasteiger charge is -2.04. The molecule has 0 N–H and O–H groups in total. The number of ether oxygens (including phenoxy) is 1. The molecule has 82 valence electrons. The molecule has 0 radical (unpaired) electrons. The lowest BCUT2D eigenvalue weighted by molar-refractivity contribution is 0.0599. The lowest BCUT2D eigenvalue weighted by Crippen LogP contribution is -2.03. The fraction of sp³-hybridized carbons (Fsp3) is 0.300. The summed E-state index contributed by atoms with van der Waals surface area (Å²) in [4.78, 5) is 12.0. The van der Waals surface area contributed by atoms with E-state index >= 15 is 0 Å². The van der Waals surface area contributed by atoms with Gasteiger partial charge in [-0.2, -0.15) is 0 Å². The Morgan fingerprint density at radius 2 is 2.20 bits per heavy atom. The van der Waals surface area contributed by atoms with Crippen LogP contribution in [0, 0.1) is 0 Å². The van der Waals surface area contributed by atoms with Gasteiger partial charge in [-0.15, -0.1) is 0 Å². The van der Waals surface area contributed by atoms with Crippen molar-refractivity contribution in [1.29, 1.82) is 0 Å². The van der Waals surface area contributed by atoms with Gasteiger partial charge in [-0.1, -0.05) is 6.92 Å². The summed E-state index contributed by atoms with van der Waals surface area (Å²) in [5.41, 5.74) is 0.439. The number of benzene rings is 1. The summed E-state index contributed by atoms with van der Waals surface area (Å²) in [5.74, 6) is 0.153. The minimum Gasteiger partial charge on any atom is -0.465 e. The van der Waals surface area contributed by atoms with E-state index in [0.717, 1.165) is 0 Å². The second-order valence-electron chi connectivity index (χ2n) is 2.77. The van der Waals surface area contributed by atoms with Crippen molar-refractivity contribution in [2.24, 2.45) is 0 Å². The van der Waals surface area contributed by atoms with E-state index in [4.69, 9.17) is 0 Å². The van der Waals surface area contributed by atoms with Crippen molar-refractivity contribution in [3.8, 4) is 0 Å². The maximum Gasteiger partial charge on any atom is 0.339 e. The molecule has 15 heavy (non-hydrogen) atoms. The molecule has 3 nitrogen and oxygen atoms in total. The van der Waals surface area contributed by atoms with Gasteiger partial charge in [0.1, 0.15) is 0 Å². The standard InChI is InChI=1S/C10H11BrO3S/c1-3-15(13)7-4-5-8(9(11)6-7)10(12)14-2/h4-6H,3H2,1-2H3. The molecule has 0 saturated carbocycles. The van der Waals surface area contributed by atoms with Crippen LogP contribution in [0.15, 0.2) is 27.6 Å². The van der Waals surface area contributed by atoms with Gasteiger partial charge < -0.3 is 4.74 Å². The molecule has 1 unspecified atom stereocenters. The van der Waals surface area contributed by atoms with Crippen LogP contribution in [0.2, 0.25) is 0 Å². The van der Waals surface area contributed by atoms with Crippen molar-refractivity contribution in [2.45, 2.75) is 11.8 Å². The van der Waals surface area contributed by atoms with E-state index in [9.17, 15) is 9.00 Å². The molecule has 1 aromatic carbocycles. The van der Waals surface area contributed by atoms with Crippen LogP contribution in [0.3, 0.4) is 0 Å². The zero-order chi connectivity index (χ0) is 11.4. The van der Waals surface area contributed by atoms with Crippen LogP contribution in [-0.2, 0) is 15.5 Å². The van der Waals surface area contributed by atoms with Crippen LogP contribution < -0.4 is 0 Å².